The fourth-order valence-corrected chi connectivity index (χ4v) is 8.27. The highest BCUT2D eigenvalue weighted by molar-refractivity contribution is 6.23. The van der Waals surface area contributed by atoms with Gasteiger partial charge in [-0.25, -0.2) is 9.97 Å². The summed E-state index contributed by atoms with van der Waals surface area (Å²) in [5.74, 6) is 0.647. The first-order valence-electron chi connectivity index (χ1n) is 17.0. The SMILES string of the molecule is c1ccc(-n2c3ccccc3c3ccc4c5ccccc5n(-c5ncc6c(n5)-c5ccccc5-c5ccccc5-c5ccccc5-6)c4c32)cc1. The summed E-state index contributed by atoms with van der Waals surface area (Å²) >= 11 is 0. The molecule has 50 heavy (non-hydrogen) atoms. The second-order valence-corrected chi connectivity index (χ2v) is 13.0. The fraction of sp³-hybridized carbons (Fsp3) is 0. The number of fused-ring (bicyclic) bond motifs is 15. The van der Waals surface area contributed by atoms with Gasteiger partial charge in [0.15, 0.2) is 0 Å². The van der Waals surface area contributed by atoms with E-state index in [1.807, 2.05) is 6.20 Å². The molecule has 0 amide bonds. The molecule has 10 aromatic rings. The van der Waals surface area contributed by atoms with Crippen molar-refractivity contribution >= 4 is 43.6 Å². The summed E-state index contributed by atoms with van der Waals surface area (Å²) in [5, 5.41) is 4.75. The van der Waals surface area contributed by atoms with Crippen molar-refractivity contribution in [1.29, 1.82) is 0 Å². The summed E-state index contributed by atoms with van der Waals surface area (Å²) < 4.78 is 4.69. The number of rotatable bonds is 2. The summed E-state index contributed by atoms with van der Waals surface area (Å²) in [7, 11) is 0. The van der Waals surface area contributed by atoms with Gasteiger partial charge in [-0.2, -0.15) is 0 Å². The lowest BCUT2D eigenvalue weighted by atomic mass is 9.83. The van der Waals surface area contributed by atoms with Crippen LogP contribution in [0.3, 0.4) is 0 Å². The van der Waals surface area contributed by atoms with Gasteiger partial charge in [-0.3, -0.25) is 4.57 Å². The van der Waals surface area contributed by atoms with Crippen LogP contribution in [-0.4, -0.2) is 19.1 Å². The molecular formula is C46H28N4. The summed E-state index contributed by atoms with van der Waals surface area (Å²) in [6.07, 6.45) is 2.04. The first-order valence-corrected chi connectivity index (χ1v) is 17.0. The van der Waals surface area contributed by atoms with Gasteiger partial charge in [0.1, 0.15) is 0 Å². The fourth-order valence-electron chi connectivity index (χ4n) is 8.27. The summed E-state index contributed by atoms with van der Waals surface area (Å²) in [5.41, 5.74) is 14.5. The maximum absolute atomic E-state index is 5.58. The molecule has 4 nitrogen and oxygen atoms in total. The number of hydrogen-bond acceptors (Lipinski definition) is 2. The van der Waals surface area contributed by atoms with Gasteiger partial charge in [0.25, 0.3) is 0 Å². The van der Waals surface area contributed by atoms with Crippen LogP contribution in [0, 0.1) is 0 Å². The lowest BCUT2D eigenvalue weighted by molar-refractivity contribution is 0.993. The van der Waals surface area contributed by atoms with Crippen LogP contribution in [0.2, 0.25) is 0 Å². The molecule has 0 N–H and O–H groups in total. The van der Waals surface area contributed by atoms with Crippen molar-refractivity contribution in [3.63, 3.8) is 0 Å². The minimum atomic E-state index is 0.647. The number of aromatic nitrogens is 4. The Labute approximate surface area is 288 Å². The number of benzene rings is 7. The predicted octanol–water partition coefficient (Wildman–Crippen LogP) is 11.7. The Balaban J connectivity index is 1.30. The Hall–Kier alpha value is -6.78. The standard InChI is InChI=1S/C46H28N4/c1-2-14-29(15-3-1)49-41-24-12-10-21-35(41)38-26-27-39-36-22-11-13-25-42(36)50(45(39)44(38)49)46-47-28-40-34-20-7-6-18-32(34)30-16-4-5-17-31(30)33-19-8-9-23-37(33)43(40)48-46/h1-28H. The Morgan fingerprint density at radius 1 is 0.340 bits per heavy atom. The van der Waals surface area contributed by atoms with Crippen LogP contribution < -0.4 is 0 Å². The predicted molar refractivity (Wildman–Crippen MR) is 206 cm³/mol. The van der Waals surface area contributed by atoms with Crippen LogP contribution >= 0.6 is 0 Å². The van der Waals surface area contributed by atoms with Gasteiger partial charge in [0.2, 0.25) is 5.95 Å². The van der Waals surface area contributed by atoms with Crippen molar-refractivity contribution in [1.82, 2.24) is 19.1 Å². The van der Waals surface area contributed by atoms with E-state index in [4.69, 9.17) is 9.97 Å². The van der Waals surface area contributed by atoms with Crippen LogP contribution in [0.25, 0.3) is 99.9 Å². The second-order valence-electron chi connectivity index (χ2n) is 13.0. The van der Waals surface area contributed by atoms with E-state index in [2.05, 4.69) is 173 Å². The van der Waals surface area contributed by atoms with Gasteiger partial charge in [0.05, 0.1) is 27.8 Å². The van der Waals surface area contributed by atoms with E-state index in [9.17, 15) is 0 Å². The first-order chi connectivity index (χ1) is 24.8. The van der Waals surface area contributed by atoms with Crippen molar-refractivity contribution in [2.24, 2.45) is 0 Å². The van der Waals surface area contributed by atoms with Gasteiger partial charge < -0.3 is 4.57 Å². The molecule has 0 bridgehead atoms. The van der Waals surface area contributed by atoms with E-state index in [1.54, 1.807) is 0 Å². The Morgan fingerprint density at radius 2 is 0.780 bits per heavy atom. The van der Waals surface area contributed by atoms with Crippen LogP contribution in [0.5, 0.6) is 0 Å². The number of para-hydroxylation sites is 3. The van der Waals surface area contributed by atoms with Crippen LogP contribution in [-0.2, 0) is 0 Å². The molecule has 1 aliphatic carbocycles. The summed E-state index contributed by atoms with van der Waals surface area (Å²) in [6, 6.07) is 58.5. The maximum Gasteiger partial charge on any atom is 0.235 e. The Kier molecular flexibility index (Phi) is 5.63. The third-order valence-electron chi connectivity index (χ3n) is 10.4. The molecule has 0 radical (unpaired) electrons. The van der Waals surface area contributed by atoms with Crippen molar-refractivity contribution < 1.29 is 0 Å². The van der Waals surface area contributed by atoms with E-state index in [0.29, 0.717) is 5.95 Å². The van der Waals surface area contributed by atoms with Gasteiger partial charge in [-0.15, -0.1) is 0 Å². The van der Waals surface area contributed by atoms with E-state index >= 15 is 0 Å². The largest absolute Gasteiger partial charge is 0.307 e. The van der Waals surface area contributed by atoms with Crippen LogP contribution in [0.4, 0.5) is 0 Å². The van der Waals surface area contributed by atoms with E-state index in [-0.39, 0.29) is 0 Å². The zero-order chi connectivity index (χ0) is 32.8. The minimum Gasteiger partial charge on any atom is -0.307 e. The van der Waals surface area contributed by atoms with E-state index < -0.39 is 0 Å². The normalized spacial score (nSPS) is 12.0. The molecule has 3 aromatic heterocycles. The van der Waals surface area contributed by atoms with Crippen LogP contribution in [0.15, 0.2) is 170 Å². The van der Waals surface area contributed by atoms with Crippen molar-refractivity contribution in [2.45, 2.75) is 0 Å². The minimum absolute atomic E-state index is 0.647. The molecule has 7 aromatic carbocycles. The molecule has 0 aliphatic heterocycles. The molecular weight excluding hydrogens is 609 g/mol. The molecule has 0 fully saturated rings. The lowest BCUT2D eigenvalue weighted by Gasteiger charge is -2.22. The number of nitrogens with zero attached hydrogens (tertiary/aromatic N) is 4. The molecule has 3 heterocycles. The Morgan fingerprint density at radius 3 is 1.38 bits per heavy atom. The first kappa shape index (κ1) is 27.2. The zero-order valence-corrected chi connectivity index (χ0v) is 27.0. The monoisotopic (exact) mass is 636 g/mol. The van der Waals surface area contributed by atoms with Crippen molar-refractivity contribution in [2.75, 3.05) is 0 Å². The van der Waals surface area contributed by atoms with E-state index in [0.717, 1.165) is 50.2 Å². The highest BCUT2D eigenvalue weighted by atomic mass is 15.2. The summed E-state index contributed by atoms with van der Waals surface area (Å²) in [4.78, 5) is 10.8. The maximum atomic E-state index is 5.58. The second kappa shape index (κ2) is 10.4. The average molecular weight is 637 g/mol. The topological polar surface area (TPSA) is 35.6 Å². The van der Waals surface area contributed by atoms with Crippen molar-refractivity contribution in [3.8, 4) is 56.3 Å². The molecule has 0 saturated heterocycles. The zero-order valence-electron chi connectivity index (χ0n) is 27.0. The molecule has 0 spiro atoms. The molecule has 1 aliphatic rings. The average Bonchev–Trinajstić information content (AvgIpc) is 3.71. The third kappa shape index (κ3) is 3.70. The highest BCUT2D eigenvalue weighted by Gasteiger charge is 2.26. The molecule has 0 atom stereocenters. The molecule has 4 heteroatoms. The lowest BCUT2D eigenvalue weighted by Crippen LogP contribution is -2.06. The smallest absolute Gasteiger partial charge is 0.235 e. The molecule has 0 unspecified atom stereocenters. The third-order valence-corrected chi connectivity index (χ3v) is 10.4. The van der Waals surface area contributed by atoms with Crippen LogP contribution in [0.1, 0.15) is 0 Å². The molecule has 0 saturated carbocycles. The Bertz CT molecular complexity index is 2980. The molecule has 232 valence electrons. The quantitative estimate of drug-likeness (QED) is 0.189. The van der Waals surface area contributed by atoms with Gasteiger partial charge in [-0.05, 0) is 52.1 Å². The number of hydrogen-bond donors (Lipinski definition) is 0. The van der Waals surface area contributed by atoms with Gasteiger partial charge in [0, 0.05) is 44.6 Å². The van der Waals surface area contributed by atoms with E-state index in [1.165, 1.54) is 43.8 Å². The highest BCUT2D eigenvalue weighted by Crippen LogP contribution is 2.47. The van der Waals surface area contributed by atoms with Gasteiger partial charge in [-0.1, -0.05) is 140 Å². The van der Waals surface area contributed by atoms with Gasteiger partial charge >= 0.3 is 0 Å². The molecule has 11 rings (SSSR count). The summed E-state index contributed by atoms with van der Waals surface area (Å²) in [6.45, 7) is 0. The van der Waals surface area contributed by atoms with Crippen molar-refractivity contribution in [3.05, 3.63) is 170 Å².